The monoisotopic (exact) mass is 294 g/mol. The van der Waals surface area contributed by atoms with E-state index in [9.17, 15) is 9.59 Å². The van der Waals surface area contributed by atoms with Crippen molar-refractivity contribution >= 4 is 11.9 Å². The third kappa shape index (κ3) is 3.86. The molecule has 1 unspecified atom stereocenters. The second-order valence-corrected chi connectivity index (χ2v) is 5.64. The maximum Gasteiger partial charge on any atom is 0.337 e. The molecule has 0 bridgehead atoms. The SMILES string of the molecule is C=CC1(OC(=O)/C(=C(\N)CC)C(C)C)CCCCNC1=O. The molecule has 0 spiro atoms. The van der Waals surface area contributed by atoms with Gasteiger partial charge in [0, 0.05) is 18.7 Å². The molecule has 0 radical (unpaired) electrons. The first-order valence-corrected chi connectivity index (χ1v) is 7.51. The highest BCUT2D eigenvalue weighted by Crippen LogP contribution is 2.27. The van der Waals surface area contributed by atoms with Crippen LogP contribution in [0, 0.1) is 5.92 Å². The minimum atomic E-state index is -1.29. The first kappa shape index (κ1) is 17.3. The highest BCUT2D eigenvalue weighted by Gasteiger charge is 2.41. The largest absolute Gasteiger partial charge is 0.441 e. The van der Waals surface area contributed by atoms with Gasteiger partial charge in [-0.2, -0.15) is 0 Å². The van der Waals surface area contributed by atoms with E-state index in [1.54, 1.807) is 0 Å². The zero-order valence-electron chi connectivity index (χ0n) is 13.2. The topological polar surface area (TPSA) is 81.4 Å². The van der Waals surface area contributed by atoms with Crippen molar-refractivity contribution < 1.29 is 14.3 Å². The zero-order chi connectivity index (χ0) is 16.0. The fraction of sp³-hybridized carbons (Fsp3) is 0.625. The smallest absolute Gasteiger partial charge is 0.337 e. The fourth-order valence-corrected chi connectivity index (χ4v) is 2.46. The molecule has 1 aliphatic heterocycles. The van der Waals surface area contributed by atoms with Crippen molar-refractivity contribution in [1.29, 1.82) is 0 Å². The molecule has 0 aliphatic carbocycles. The minimum absolute atomic E-state index is 0.0619. The van der Waals surface area contributed by atoms with Crippen LogP contribution in [0.15, 0.2) is 23.9 Å². The number of nitrogens with one attached hydrogen (secondary N) is 1. The molecule has 1 atom stereocenters. The van der Waals surface area contributed by atoms with Gasteiger partial charge in [-0.3, -0.25) is 4.79 Å². The molecule has 3 N–H and O–H groups in total. The van der Waals surface area contributed by atoms with Crippen LogP contribution in [0.1, 0.15) is 46.5 Å². The number of allylic oxidation sites excluding steroid dienone is 1. The summed E-state index contributed by atoms with van der Waals surface area (Å²) in [5.74, 6) is -0.893. The van der Waals surface area contributed by atoms with E-state index in [2.05, 4.69) is 11.9 Å². The average Bonchev–Trinajstić information content (AvgIpc) is 2.61. The third-order valence-electron chi connectivity index (χ3n) is 3.77. The molecule has 1 aliphatic rings. The summed E-state index contributed by atoms with van der Waals surface area (Å²) >= 11 is 0. The summed E-state index contributed by atoms with van der Waals surface area (Å²) in [6.45, 7) is 9.92. The van der Waals surface area contributed by atoms with E-state index in [-0.39, 0.29) is 11.8 Å². The van der Waals surface area contributed by atoms with E-state index in [4.69, 9.17) is 10.5 Å². The number of hydrogen-bond acceptors (Lipinski definition) is 4. The Morgan fingerprint density at radius 2 is 2.19 bits per heavy atom. The summed E-state index contributed by atoms with van der Waals surface area (Å²) in [6, 6.07) is 0. The van der Waals surface area contributed by atoms with Crippen molar-refractivity contribution in [2.45, 2.75) is 52.1 Å². The molecule has 1 heterocycles. The molecule has 1 amide bonds. The van der Waals surface area contributed by atoms with Gasteiger partial charge in [-0.15, -0.1) is 0 Å². The number of ether oxygens (including phenoxy) is 1. The van der Waals surface area contributed by atoms with E-state index in [1.807, 2.05) is 20.8 Å². The summed E-state index contributed by atoms with van der Waals surface area (Å²) in [6.07, 6.45) is 4.10. The first-order valence-electron chi connectivity index (χ1n) is 7.51. The normalized spacial score (nSPS) is 23.9. The number of amides is 1. The number of hydrogen-bond donors (Lipinski definition) is 2. The van der Waals surface area contributed by atoms with E-state index in [0.717, 1.165) is 12.8 Å². The number of carbonyl (C=O) groups excluding carboxylic acids is 2. The Kier molecular flexibility index (Phi) is 6.00. The Morgan fingerprint density at radius 3 is 2.71 bits per heavy atom. The lowest BCUT2D eigenvalue weighted by Gasteiger charge is -2.28. The van der Waals surface area contributed by atoms with Crippen LogP contribution in [-0.2, 0) is 14.3 Å². The maximum absolute atomic E-state index is 12.5. The van der Waals surface area contributed by atoms with Crippen LogP contribution in [0.2, 0.25) is 0 Å². The molecule has 21 heavy (non-hydrogen) atoms. The summed E-state index contributed by atoms with van der Waals surface area (Å²) in [4.78, 5) is 24.7. The van der Waals surface area contributed by atoms with Crippen LogP contribution in [0.3, 0.4) is 0 Å². The molecule has 0 aromatic carbocycles. The Hall–Kier alpha value is -1.78. The Balaban J connectivity index is 3.07. The lowest BCUT2D eigenvalue weighted by Crippen LogP contribution is -2.47. The van der Waals surface area contributed by atoms with Crippen molar-refractivity contribution in [3.63, 3.8) is 0 Å². The summed E-state index contributed by atoms with van der Waals surface area (Å²) in [5.41, 5.74) is 5.58. The minimum Gasteiger partial charge on any atom is -0.441 e. The second kappa shape index (κ2) is 7.29. The van der Waals surface area contributed by atoms with Gasteiger partial charge in [0.25, 0.3) is 5.91 Å². The van der Waals surface area contributed by atoms with Crippen molar-refractivity contribution in [2.75, 3.05) is 6.54 Å². The molecule has 1 saturated heterocycles. The number of esters is 1. The first-order chi connectivity index (χ1) is 9.88. The van der Waals surface area contributed by atoms with Gasteiger partial charge in [0.2, 0.25) is 5.60 Å². The van der Waals surface area contributed by atoms with Gasteiger partial charge in [-0.25, -0.2) is 4.79 Å². The molecule has 118 valence electrons. The molecule has 0 aromatic rings. The van der Waals surface area contributed by atoms with Crippen LogP contribution in [0.25, 0.3) is 0 Å². The van der Waals surface area contributed by atoms with Gasteiger partial charge in [-0.1, -0.05) is 27.4 Å². The lowest BCUT2D eigenvalue weighted by molar-refractivity contribution is -0.160. The van der Waals surface area contributed by atoms with Gasteiger partial charge < -0.3 is 15.8 Å². The van der Waals surface area contributed by atoms with Gasteiger partial charge in [0.15, 0.2) is 0 Å². The van der Waals surface area contributed by atoms with Crippen LogP contribution >= 0.6 is 0 Å². The van der Waals surface area contributed by atoms with E-state index >= 15 is 0 Å². The fourth-order valence-electron chi connectivity index (χ4n) is 2.46. The van der Waals surface area contributed by atoms with Crippen LogP contribution in [0.4, 0.5) is 0 Å². The standard InChI is InChI=1S/C16H26N2O3/c1-5-12(17)13(11(3)4)14(19)21-16(6-2)9-7-8-10-18-15(16)20/h6,11H,2,5,7-10,17H2,1,3-4H3,(H,18,20)/b13-12-. The number of carbonyl (C=O) groups is 2. The third-order valence-corrected chi connectivity index (χ3v) is 3.77. The second-order valence-electron chi connectivity index (χ2n) is 5.64. The van der Waals surface area contributed by atoms with Gasteiger partial charge in [0.05, 0.1) is 5.57 Å². The van der Waals surface area contributed by atoms with E-state index in [0.29, 0.717) is 30.7 Å². The molecule has 1 fully saturated rings. The average molecular weight is 294 g/mol. The van der Waals surface area contributed by atoms with E-state index in [1.165, 1.54) is 6.08 Å². The summed E-state index contributed by atoms with van der Waals surface area (Å²) in [7, 11) is 0. The highest BCUT2D eigenvalue weighted by molar-refractivity contribution is 5.95. The van der Waals surface area contributed by atoms with Gasteiger partial charge in [0.1, 0.15) is 0 Å². The number of rotatable bonds is 5. The van der Waals surface area contributed by atoms with Crippen molar-refractivity contribution in [1.82, 2.24) is 5.32 Å². The molecular formula is C16H26N2O3. The quantitative estimate of drug-likeness (QED) is 0.462. The van der Waals surface area contributed by atoms with Crippen LogP contribution < -0.4 is 11.1 Å². The van der Waals surface area contributed by atoms with Gasteiger partial charge >= 0.3 is 5.97 Å². The summed E-state index contributed by atoms with van der Waals surface area (Å²) in [5, 5.41) is 2.77. The lowest BCUT2D eigenvalue weighted by atomic mass is 9.95. The number of nitrogens with two attached hydrogens (primary N) is 1. The van der Waals surface area contributed by atoms with Crippen LogP contribution in [0.5, 0.6) is 0 Å². The van der Waals surface area contributed by atoms with E-state index < -0.39 is 11.6 Å². The predicted octanol–water partition coefficient (Wildman–Crippen LogP) is 2.03. The Labute approximate surface area is 126 Å². The van der Waals surface area contributed by atoms with Crippen molar-refractivity contribution in [2.24, 2.45) is 11.7 Å². The van der Waals surface area contributed by atoms with Crippen molar-refractivity contribution in [3.8, 4) is 0 Å². The molecule has 0 aromatic heterocycles. The van der Waals surface area contributed by atoms with Crippen LogP contribution in [-0.4, -0.2) is 24.0 Å². The zero-order valence-corrected chi connectivity index (χ0v) is 13.2. The van der Waals surface area contributed by atoms with Gasteiger partial charge in [-0.05, 0) is 31.3 Å². The maximum atomic E-state index is 12.5. The molecule has 0 saturated carbocycles. The van der Waals surface area contributed by atoms with Crippen molar-refractivity contribution in [3.05, 3.63) is 23.9 Å². The molecule has 5 heteroatoms. The Morgan fingerprint density at radius 1 is 1.52 bits per heavy atom. The summed E-state index contributed by atoms with van der Waals surface area (Å²) < 4.78 is 5.56. The molecular weight excluding hydrogens is 268 g/mol. The molecule has 1 rings (SSSR count). The highest BCUT2D eigenvalue weighted by atomic mass is 16.6. The predicted molar refractivity (Wildman–Crippen MR) is 82.2 cm³/mol. The Bertz CT molecular complexity index is 454. The molecule has 5 nitrogen and oxygen atoms in total.